The monoisotopic (exact) mass is 542 g/mol. The smallest absolute Gasteiger partial charge is 0.418 e. The van der Waals surface area contributed by atoms with Crippen molar-refractivity contribution < 1.29 is 41.8 Å². The third-order valence-corrected chi connectivity index (χ3v) is 5.71. The average molecular weight is 543 g/mol. The lowest BCUT2D eigenvalue weighted by molar-refractivity contribution is -0.137. The van der Waals surface area contributed by atoms with Crippen molar-refractivity contribution in [1.29, 1.82) is 0 Å². The fourth-order valence-corrected chi connectivity index (χ4v) is 3.82. The number of alkyl halides is 3. The van der Waals surface area contributed by atoms with Crippen molar-refractivity contribution in [2.75, 3.05) is 31.5 Å². The van der Waals surface area contributed by atoms with Crippen LogP contribution in [0.2, 0.25) is 5.02 Å². The first-order valence-electron chi connectivity index (χ1n) is 9.98. The number of rotatable bonds is 8. The van der Waals surface area contributed by atoms with Crippen molar-refractivity contribution in [3.8, 4) is 11.5 Å². The van der Waals surface area contributed by atoms with E-state index in [9.17, 15) is 27.6 Å². The molecule has 8 nitrogen and oxygen atoms in total. The number of carbonyl (C=O) groups is 3. The second kappa shape index (κ2) is 11.3. The predicted octanol–water partition coefficient (Wildman–Crippen LogP) is 5.49. The van der Waals surface area contributed by atoms with E-state index in [1.54, 1.807) is 17.5 Å². The Morgan fingerprint density at radius 3 is 2.36 bits per heavy atom. The van der Waals surface area contributed by atoms with Crippen molar-refractivity contribution in [3.05, 3.63) is 68.9 Å². The lowest BCUT2D eigenvalue weighted by Gasteiger charge is -2.16. The van der Waals surface area contributed by atoms with Gasteiger partial charge in [-0.15, -0.1) is 11.3 Å². The Balaban J connectivity index is 1.75. The Hall–Kier alpha value is -3.77. The zero-order valence-corrected chi connectivity index (χ0v) is 20.3. The Labute approximate surface area is 211 Å². The molecule has 0 atom stereocenters. The number of anilines is 2. The Morgan fingerprint density at radius 1 is 1.00 bits per heavy atom. The molecule has 3 aromatic rings. The number of amides is 2. The van der Waals surface area contributed by atoms with Gasteiger partial charge in [-0.05, 0) is 41.8 Å². The molecule has 0 bridgehead atoms. The first-order valence-corrected chi connectivity index (χ1v) is 11.2. The molecule has 13 heteroatoms. The highest BCUT2D eigenvalue weighted by molar-refractivity contribution is 7.12. The maximum atomic E-state index is 13.2. The van der Waals surface area contributed by atoms with Crippen LogP contribution in [0.3, 0.4) is 0 Å². The zero-order chi connectivity index (χ0) is 26.5. The van der Waals surface area contributed by atoms with Gasteiger partial charge >= 0.3 is 12.1 Å². The number of benzene rings is 2. The van der Waals surface area contributed by atoms with E-state index in [2.05, 4.69) is 5.32 Å². The van der Waals surface area contributed by atoms with E-state index in [4.69, 9.17) is 25.8 Å². The van der Waals surface area contributed by atoms with Crippen LogP contribution in [-0.2, 0) is 15.7 Å². The molecule has 0 saturated heterocycles. The summed E-state index contributed by atoms with van der Waals surface area (Å²) in [5.41, 5.74) is -1.70. The maximum absolute atomic E-state index is 13.2. The molecule has 0 aliphatic heterocycles. The first kappa shape index (κ1) is 26.8. The van der Waals surface area contributed by atoms with E-state index < -0.39 is 41.8 Å². The second-order valence-electron chi connectivity index (χ2n) is 7.00. The van der Waals surface area contributed by atoms with Gasteiger partial charge in [-0.3, -0.25) is 9.59 Å². The van der Waals surface area contributed by atoms with Crippen LogP contribution in [-0.4, -0.2) is 38.6 Å². The summed E-state index contributed by atoms with van der Waals surface area (Å²) in [6, 6.07) is 8.65. The van der Waals surface area contributed by atoms with Gasteiger partial charge in [0.25, 0.3) is 11.8 Å². The maximum Gasteiger partial charge on any atom is 0.418 e. The number of carbonyl (C=O) groups excluding carboxylic acids is 3. The van der Waals surface area contributed by atoms with Gasteiger partial charge in [-0.2, -0.15) is 13.2 Å². The molecular weight excluding hydrogens is 525 g/mol. The van der Waals surface area contributed by atoms with Gasteiger partial charge in [-0.25, -0.2) is 4.79 Å². The Morgan fingerprint density at radius 2 is 1.75 bits per heavy atom. The van der Waals surface area contributed by atoms with E-state index >= 15 is 0 Å². The number of ether oxygens (including phenoxy) is 3. The fourth-order valence-electron chi connectivity index (χ4n) is 3.03. The molecule has 190 valence electrons. The van der Waals surface area contributed by atoms with Gasteiger partial charge in [-0.1, -0.05) is 17.7 Å². The van der Waals surface area contributed by atoms with Crippen LogP contribution in [0.1, 0.15) is 25.6 Å². The summed E-state index contributed by atoms with van der Waals surface area (Å²) in [6.45, 7) is -0.885. The van der Waals surface area contributed by atoms with Crippen LogP contribution < -0.4 is 20.1 Å². The summed E-state index contributed by atoms with van der Waals surface area (Å²) in [5.74, 6) is -2.24. The molecule has 2 aromatic carbocycles. The van der Waals surface area contributed by atoms with Gasteiger partial charge < -0.3 is 24.8 Å². The number of hydrogen-bond acceptors (Lipinski definition) is 7. The molecule has 0 fully saturated rings. The molecular formula is C23H18ClF3N2O6S. The van der Waals surface area contributed by atoms with E-state index in [0.29, 0.717) is 10.9 Å². The van der Waals surface area contributed by atoms with Crippen molar-refractivity contribution in [1.82, 2.24) is 0 Å². The number of esters is 1. The summed E-state index contributed by atoms with van der Waals surface area (Å²) >= 11 is 6.82. The predicted molar refractivity (Wildman–Crippen MR) is 127 cm³/mol. The van der Waals surface area contributed by atoms with Gasteiger partial charge in [0.2, 0.25) is 0 Å². The van der Waals surface area contributed by atoms with Gasteiger partial charge in [0, 0.05) is 5.02 Å². The highest BCUT2D eigenvalue weighted by atomic mass is 35.5. The number of halogens is 4. The third-order valence-electron chi connectivity index (χ3n) is 4.60. The standard InChI is InChI=1S/C23H18ClF3N2O6S/c1-33-17-9-12(8-16(20(17)34-2)29-21(31)18-4-3-7-36-18)22(32)35-11-19(30)28-15-6-5-13(24)10-14(15)23(25,26)27/h3-10H,11H2,1-2H3,(H,28,30)(H,29,31). The number of thiophene rings is 1. The lowest BCUT2D eigenvalue weighted by Crippen LogP contribution is -2.23. The van der Waals surface area contributed by atoms with Crippen LogP contribution >= 0.6 is 22.9 Å². The van der Waals surface area contributed by atoms with Crippen molar-refractivity contribution in [2.45, 2.75) is 6.18 Å². The highest BCUT2D eigenvalue weighted by Gasteiger charge is 2.34. The zero-order valence-electron chi connectivity index (χ0n) is 18.7. The molecule has 2 N–H and O–H groups in total. The second-order valence-corrected chi connectivity index (χ2v) is 8.39. The quantitative estimate of drug-likeness (QED) is 0.365. The number of methoxy groups -OCH3 is 2. The Kier molecular flexibility index (Phi) is 8.43. The third kappa shape index (κ3) is 6.46. The minimum Gasteiger partial charge on any atom is -0.493 e. The van der Waals surface area contributed by atoms with Gasteiger partial charge in [0.05, 0.1) is 41.6 Å². The summed E-state index contributed by atoms with van der Waals surface area (Å²) in [7, 11) is 2.66. The molecule has 0 aliphatic carbocycles. The van der Waals surface area contributed by atoms with Gasteiger partial charge in [0.1, 0.15) is 0 Å². The molecule has 2 amide bonds. The summed E-state index contributed by atoms with van der Waals surface area (Å²) in [6.07, 6.45) is -4.77. The molecule has 0 aliphatic rings. The van der Waals surface area contributed by atoms with Crippen LogP contribution in [0.4, 0.5) is 24.5 Å². The molecule has 0 radical (unpaired) electrons. The molecule has 1 aromatic heterocycles. The number of hydrogen-bond donors (Lipinski definition) is 2. The highest BCUT2D eigenvalue weighted by Crippen LogP contribution is 2.38. The van der Waals surface area contributed by atoms with E-state index in [1.165, 1.54) is 43.8 Å². The molecule has 3 rings (SSSR count). The molecule has 0 unspecified atom stereocenters. The minimum absolute atomic E-state index is 0.0915. The molecule has 0 spiro atoms. The Bertz CT molecular complexity index is 1280. The minimum atomic E-state index is -4.77. The van der Waals surface area contributed by atoms with E-state index in [0.717, 1.165) is 6.07 Å². The largest absolute Gasteiger partial charge is 0.493 e. The average Bonchev–Trinajstić information content (AvgIpc) is 3.37. The molecule has 0 saturated carbocycles. The van der Waals surface area contributed by atoms with Crippen molar-refractivity contribution in [3.63, 3.8) is 0 Å². The first-order chi connectivity index (χ1) is 17.0. The van der Waals surface area contributed by atoms with Crippen molar-refractivity contribution >= 4 is 52.1 Å². The topological polar surface area (TPSA) is 103 Å². The van der Waals surface area contributed by atoms with Crippen molar-refractivity contribution in [2.24, 2.45) is 0 Å². The number of nitrogens with one attached hydrogen (secondary N) is 2. The normalized spacial score (nSPS) is 10.9. The molecule has 1 heterocycles. The molecule has 36 heavy (non-hydrogen) atoms. The lowest BCUT2D eigenvalue weighted by atomic mass is 10.1. The summed E-state index contributed by atoms with van der Waals surface area (Å²) < 4.78 is 55.1. The van der Waals surface area contributed by atoms with Gasteiger partial charge in [0.15, 0.2) is 18.1 Å². The van der Waals surface area contributed by atoms with E-state index in [-0.39, 0.29) is 27.8 Å². The van der Waals surface area contributed by atoms with Crippen LogP contribution in [0.25, 0.3) is 0 Å². The SMILES string of the molecule is COc1cc(C(=O)OCC(=O)Nc2ccc(Cl)cc2C(F)(F)F)cc(NC(=O)c2cccs2)c1OC. The van der Waals surface area contributed by atoms with Crippen LogP contribution in [0, 0.1) is 0 Å². The summed E-state index contributed by atoms with van der Waals surface area (Å²) in [4.78, 5) is 37.7. The fraction of sp³-hybridized carbons (Fsp3) is 0.174. The van der Waals surface area contributed by atoms with Crippen LogP contribution in [0.5, 0.6) is 11.5 Å². The summed E-state index contributed by atoms with van der Waals surface area (Å²) in [5, 5.41) is 6.22. The van der Waals surface area contributed by atoms with Crippen LogP contribution in [0.15, 0.2) is 47.8 Å². The van der Waals surface area contributed by atoms with E-state index in [1.807, 2.05) is 5.32 Å².